The van der Waals surface area contributed by atoms with Crippen molar-refractivity contribution < 1.29 is 20.6 Å². The number of aromatic nitrogens is 1. The van der Waals surface area contributed by atoms with E-state index >= 15 is 0 Å². The summed E-state index contributed by atoms with van der Waals surface area (Å²) in [7, 11) is 0. The minimum atomic E-state index is -4.57. The van der Waals surface area contributed by atoms with E-state index in [1.165, 1.54) is 0 Å². The van der Waals surface area contributed by atoms with Crippen LogP contribution >= 0.6 is 23.0 Å². The lowest BCUT2D eigenvalue weighted by atomic mass is 10.1. The van der Waals surface area contributed by atoms with Crippen LogP contribution in [0.25, 0.3) is 0 Å². The van der Waals surface area contributed by atoms with Crippen molar-refractivity contribution in [2.24, 2.45) is 0 Å². The predicted octanol–water partition coefficient (Wildman–Crippen LogP) is 3.19. The Morgan fingerprint density at radius 1 is 1.36 bits per heavy atom. The Balaban J connectivity index is 3.01. The Labute approximate surface area is 91.0 Å². The molecule has 0 bridgehead atoms. The third kappa shape index (κ3) is 2.77. The standard InChI is InChI=1S/C7H4F4INO/c8-5-1-4(2-13-3-5)6(14-12)7(9,10)11/h1-3,6H. The largest absolute Gasteiger partial charge is 0.419 e. The van der Waals surface area contributed by atoms with Gasteiger partial charge in [0.05, 0.1) is 6.20 Å². The van der Waals surface area contributed by atoms with Gasteiger partial charge in [-0.3, -0.25) is 8.05 Å². The molecule has 78 valence electrons. The first-order valence-corrected chi connectivity index (χ1v) is 4.28. The summed E-state index contributed by atoms with van der Waals surface area (Å²) in [6.07, 6.45) is -4.98. The summed E-state index contributed by atoms with van der Waals surface area (Å²) in [6, 6.07) is 0.740. The molecule has 1 heterocycles. The molecule has 0 saturated carbocycles. The summed E-state index contributed by atoms with van der Waals surface area (Å²) in [5.41, 5.74) is -0.355. The van der Waals surface area contributed by atoms with E-state index in [4.69, 9.17) is 0 Å². The number of hydrogen-bond acceptors (Lipinski definition) is 2. The van der Waals surface area contributed by atoms with Crippen molar-refractivity contribution in [2.45, 2.75) is 12.3 Å². The third-order valence-electron chi connectivity index (χ3n) is 1.42. The first-order valence-electron chi connectivity index (χ1n) is 3.39. The highest BCUT2D eigenvalue weighted by atomic mass is 127. The maximum absolute atomic E-state index is 12.6. The second-order valence-corrected chi connectivity index (χ2v) is 2.96. The Hall–Kier alpha value is -0.440. The van der Waals surface area contributed by atoms with E-state index < -0.39 is 18.1 Å². The van der Waals surface area contributed by atoms with Gasteiger partial charge >= 0.3 is 6.18 Å². The molecular weight excluding hydrogens is 317 g/mol. The zero-order chi connectivity index (χ0) is 10.8. The summed E-state index contributed by atoms with van der Waals surface area (Å²) in [5.74, 6) is -0.829. The van der Waals surface area contributed by atoms with Gasteiger partial charge in [0.2, 0.25) is 0 Å². The Morgan fingerprint density at radius 3 is 2.43 bits per heavy atom. The summed E-state index contributed by atoms with van der Waals surface area (Å²) < 4.78 is 53.5. The molecule has 0 fully saturated rings. The Kier molecular flexibility index (Phi) is 3.65. The highest BCUT2D eigenvalue weighted by molar-refractivity contribution is 14.1. The van der Waals surface area contributed by atoms with Crippen molar-refractivity contribution in [2.75, 3.05) is 0 Å². The van der Waals surface area contributed by atoms with E-state index in [1.54, 1.807) is 0 Å². The zero-order valence-electron chi connectivity index (χ0n) is 6.55. The summed E-state index contributed by atoms with van der Waals surface area (Å²) in [6.45, 7) is 0. The molecule has 0 aliphatic carbocycles. The normalized spacial score (nSPS) is 14.1. The SMILES string of the molecule is Fc1cncc(C(OI)C(F)(F)F)c1. The molecule has 14 heavy (non-hydrogen) atoms. The quantitative estimate of drug-likeness (QED) is 0.616. The molecule has 1 rings (SSSR count). The van der Waals surface area contributed by atoms with Crippen LogP contribution in [0.1, 0.15) is 11.7 Å². The first kappa shape index (κ1) is 11.6. The highest BCUT2D eigenvalue weighted by Crippen LogP contribution is 2.36. The van der Waals surface area contributed by atoms with E-state index in [0.717, 1.165) is 41.5 Å². The van der Waals surface area contributed by atoms with Crippen LogP contribution in [-0.4, -0.2) is 11.2 Å². The van der Waals surface area contributed by atoms with E-state index in [2.05, 4.69) is 8.05 Å². The summed E-state index contributed by atoms with van der Waals surface area (Å²) >= 11 is 1.12. The van der Waals surface area contributed by atoms with Crippen LogP contribution in [0.2, 0.25) is 0 Å². The van der Waals surface area contributed by atoms with E-state index in [9.17, 15) is 17.6 Å². The molecule has 1 atom stereocenters. The van der Waals surface area contributed by atoms with Gasteiger partial charge in [0.25, 0.3) is 0 Å². The molecule has 0 amide bonds. The molecule has 0 saturated heterocycles. The van der Waals surface area contributed by atoms with Crippen molar-refractivity contribution in [3.8, 4) is 0 Å². The van der Waals surface area contributed by atoms with Crippen LogP contribution in [0.5, 0.6) is 0 Å². The van der Waals surface area contributed by atoms with Crippen molar-refractivity contribution in [1.29, 1.82) is 0 Å². The van der Waals surface area contributed by atoms with Crippen LogP contribution in [-0.2, 0) is 3.07 Å². The number of alkyl halides is 3. The van der Waals surface area contributed by atoms with Crippen molar-refractivity contribution in [3.63, 3.8) is 0 Å². The lowest BCUT2D eigenvalue weighted by Gasteiger charge is -2.16. The van der Waals surface area contributed by atoms with Gasteiger partial charge in [-0.25, -0.2) is 4.39 Å². The molecule has 1 unspecified atom stereocenters. The van der Waals surface area contributed by atoms with Crippen molar-refractivity contribution in [3.05, 3.63) is 29.8 Å². The molecule has 0 radical (unpaired) electrons. The number of hydrogen-bond donors (Lipinski definition) is 0. The second-order valence-electron chi connectivity index (χ2n) is 2.45. The minimum Gasteiger partial charge on any atom is -0.298 e. The summed E-state index contributed by atoms with van der Waals surface area (Å²) in [5, 5.41) is 0. The highest BCUT2D eigenvalue weighted by Gasteiger charge is 2.42. The minimum absolute atomic E-state index is 0.355. The molecule has 0 aliphatic rings. The molecule has 0 aliphatic heterocycles. The second kappa shape index (κ2) is 4.39. The van der Waals surface area contributed by atoms with Gasteiger partial charge in [0, 0.05) is 11.8 Å². The lowest BCUT2D eigenvalue weighted by Crippen LogP contribution is -2.21. The average molecular weight is 321 g/mol. The maximum atomic E-state index is 12.6. The van der Waals surface area contributed by atoms with E-state index in [-0.39, 0.29) is 5.56 Å². The topological polar surface area (TPSA) is 22.1 Å². The molecule has 0 aromatic carbocycles. The van der Waals surface area contributed by atoms with Crippen molar-refractivity contribution >= 4 is 23.0 Å². The van der Waals surface area contributed by atoms with Crippen LogP contribution in [0.15, 0.2) is 18.5 Å². The maximum Gasteiger partial charge on any atom is 0.419 e. The monoisotopic (exact) mass is 321 g/mol. The number of halogens is 5. The Morgan fingerprint density at radius 2 is 2.00 bits per heavy atom. The predicted molar refractivity (Wildman–Crippen MR) is 48.1 cm³/mol. The van der Waals surface area contributed by atoms with Crippen LogP contribution in [0.3, 0.4) is 0 Å². The molecule has 0 N–H and O–H groups in total. The first-order chi connectivity index (χ1) is 6.45. The van der Waals surface area contributed by atoms with Crippen LogP contribution < -0.4 is 0 Å². The van der Waals surface area contributed by atoms with Gasteiger partial charge in [-0.2, -0.15) is 13.2 Å². The Bertz CT molecular complexity index is 317. The number of pyridine rings is 1. The van der Waals surface area contributed by atoms with Gasteiger partial charge in [-0.05, 0) is 6.07 Å². The van der Waals surface area contributed by atoms with Crippen LogP contribution in [0.4, 0.5) is 17.6 Å². The fourth-order valence-corrected chi connectivity index (χ4v) is 1.44. The fourth-order valence-electron chi connectivity index (χ4n) is 0.863. The van der Waals surface area contributed by atoms with Crippen LogP contribution in [0, 0.1) is 5.82 Å². The molecule has 2 nitrogen and oxygen atoms in total. The summed E-state index contributed by atoms with van der Waals surface area (Å²) in [4.78, 5) is 3.31. The smallest absolute Gasteiger partial charge is 0.298 e. The zero-order valence-corrected chi connectivity index (χ0v) is 8.71. The molecular formula is C7H4F4INO. The molecule has 0 spiro atoms. The van der Waals surface area contributed by atoms with E-state index in [0.29, 0.717) is 0 Å². The molecule has 1 aromatic heterocycles. The van der Waals surface area contributed by atoms with Gasteiger partial charge in [0.1, 0.15) is 28.8 Å². The average Bonchev–Trinajstić information content (AvgIpc) is 2.02. The van der Waals surface area contributed by atoms with Gasteiger partial charge in [-0.15, -0.1) is 0 Å². The van der Waals surface area contributed by atoms with Gasteiger partial charge in [-0.1, -0.05) is 0 Å². The van der Waals surface area contributed by atoms with Crippen molar-refractivity contribution in [1.82, 2.24) is 4.98 Å². The third-order valence-corrected chi connectivity index (χ3v) is 1.92. The van der Waals surface area contributed by atoms with Gasteiger partial charge < -0.3 is 0 Å². The molecule has 1 aromatic rings. The van der Waals surface area contributed by atoms with E-state index in [1.807, 2.05) is 0 Å². The molecule has 7 heteroatoms. The number of nitrogens with zero attached hydrogens (tertiary/aromatic N) is 1. The van der Waals surface area contributed by atoms with Gasteiger partial charge in [0.15, 0.2) is 6.10 Å². The lowest BCUT2D eigenvalue weighted by molar-refractivity contribution is -0.189. The number of rotatable bonds is 2. The fraction of sp³-hybridized carbons (Fsp3) is 0.286.